The van der Waals surface area contributed by atoms with Crippen LogP contribution in [0.3, 0.4) is 0 Å². The maximum Gasteiger partial charge on any atom is 0.253 e. The van der Waals surface area contributed by atoms with Gasteiger partial charge in [0.1, 0.15) is 5.82 Å². The second kappa shape index (κ2) is 8.19. The van der Waals surface area contributed by atoms with Crippen LogP contribution >= 0.6 is 11.6 Å². The lowest BCUT2D eigenvalue weighted by Gasteiger charge is -2.32. The van der Waals surface area contributed by atoms with E-state index < -0.39 is 5.91 Å². The fraction of sp³-hybridized carbons (Fsp3) is 0.316. The Morgan fingerprint density at radius 3 is 2.50 bits per heavy atom. The quantitative estimate of drug-likeness (QED) is 0.844. The molecule has 0 spiro atoms. The summed E-state index contributed by atoms with van der Waals surface area (Å²) in [4.78, 5) is 29.7. The topological polar surface area (TPSA) is 88.3 Å². The Bertz CT molecular complexity index is 789. The summed E-state index contributed by atoms with van der Waals surface area (Å²) in [5.74, 6) is 0.508. The number of rotatable bonds is 5. The van der Waals surface area contributed by atoms with Gasteiger partial charge in [-0.2, -0.15) is 0 Å². The molecule has 1 aromatic carbocycles. The molecule has 136 valence electrons. The normalized spacial score (nSPS) is 14.9. The SMILES string of the molecule is NC(=O)c1cnc(NCC2CCN(C(=O)c3ccccc3)CC2)c(Cl)c1. The molecule has 6 nitrogen and oxygen atoms in total. The Kier molecular flexibility index (Phi) is 5.73. The second-order valence-electron chi connectivity index (χ2n) is 6.40. The first kappa shape index (κ1) is 18.2. The number of hydrogen-bond donors (Lipinski definition) is 2. The zero-order valence-corrected chi connectivity index (χ0v) is 15.1. The van der Waals surface area contributed by atoms with E-state index in [1.54, 1.807) is 0 Å². The van der Waals surface area contributed by atoms with Gasteiger partial charge in [0.2, 0.25) is 5.91 Å². The molecule has 2 amide bonds. The maximum absolute atomic E-state index is 12.5. The van der Waals surface area contributed by atoms with Gasteiger partial charge < -0.3 is 16.0 Å². The predicted octanol–water partition coefficient (Wildman–Crippen LogP) is 2.80. The van der Waals surface area contributed by atoms with Crippen molar-refractivity contribution in [2.24, 2.45) is 11.7 Å². The fourth-order valence-electron chi connectivity index (χ4n) is 3.05. The van der Waals surface area contributed by atoms with Crippen LogP contribution in [-0.4, -0.2) is 41.3 Å². The van der Waals surface area contributed by atoms with E-state index >= 15 is 0 Å². The van der Waals surface area contributed by atoms with E-state index in [1.165, 1.54) is 12.3 Å². The molecule has 1 aliphatic rings. The van der Waals surface area contributed by atoms with E-state index in [9.17, 15) is 9.59 Å². The Morgan fingerprint density at radius 1 is 1.19 bits per heavy atom. The second-order valence-corrected chi connectivity index (χ2v) is 6.81. The lowest BCUT2D eigenvalue weighted by molar-refractivity contribution is 0.0694. The highest BCUT2D eigenvalue weighted by atomic mass is 35.5. The van der Waals surface area contributed by atoms with Gasteiger partial charge in [-0.25, -0.2) is 4.98 Å². The summed E-state index contributed by atoms with van der Waals surface area (Å²) in [5, 5.41) is 3.60. The molecule has 0 aliphatic carbocycles. The summed E-state index contributed by atoms with van der Waals surface area (Å²) < 4.78 is 0. The van der Waals surface area contributed by atoms with Gasteiger partial charge in [0.25, 0.3) is 5.91 Å². The number of halogens is 1. The average molecular weight is 373 g/mol. The zero-order chi connectivity index (χ0) is 18.5. The van der Waals surface area contributed by atoms with E-state index in [1.807, 2.05) is 35.2 Å². The summed E-state index contributed by atoms with van der Waals surface area (Å²) in [6, 6.07) is 10.9. The minimum absolute atomic E-state index is 0.0868. The number of nitrogens with two attached hydrogens (primary N) is 1. The highest BCUT2D eigenvalue weighted by Gasteiger charge is 2.23. The van der Waals surface area contributed by atoms with Crippen LogP contribution in [-0.2, 0) is 0 Å². The van der Waals surface area contributed by atoms with Gasteiger partial charge in [0.05, 0.1) is 10.6 Å². The van der Waals surface area contributed by atoms with E-state index in [2.05, 4.69) is 10.3 Å². The van der Waals surface area contributed by atoms with Crippen molar-refractivity contribution in [3.8, 4) is 0 Å². The Morgan fingerprint density at radius 2 is 1.88 bits per heavy atom. The van der Waals surface area contributed by atoms with E-state index in [0.717, 1.165) is 38.0 Å². The molecule has 1 fully saturated rings. The van der Waals surface area contributed by atoms with Gasteiger partial charge >= 0.3 is 0 Å². The summed E-state index contributed by atoms with van der Waals surface area (Å²) >= 11 is 6.14. The maximum atomic E-state index is 12.5. The molecule has 26 heavy (non-hydrogen) atoms. The van der Waals surface area contributed by atoms with Crippen LogP contribution in [0.2, 0.25) is 5.02 Å². The van der Waals surface area contributed by atoms with Gasteiger partial charge in [-0.3, -0.25) is 9.59 Å². The molecule has 3 rings (SSSR count). The molecular weight excluding hydrogens is 352 g/mol. The number of carbonyl (C=O) groups excluding carboxylic acids is 2. The Balaban J connectivity index is 1.50. The first-order chi connectivity index (χ1) is 12.5. The molecule has 0 bridgehead atoms. The monoisotopic (exact) mass is 372 g/mol. The zero-order valence-electron chi connectivity index (χ0n) is 14.3. The van der Waals surface area contributed by atoms with Crippen molar-refractivity contribution in [1.82, 2.24) is 9.88 Å². The van der Waals surface area contributed by atoms with Crippen molar-refractivity contribution in [2.45, 2.75) is 12.8 Å². The van der Waals surface area contributed by atoms with Crippen molar-refractivity contribution in [3.05, 3.63) is 58.7 Å². The molecule has 7 heteroatoms. The van der Waals surface area contributed by atoms with Gasteiger partial charge in [-0.15, -0.1) is 0 Å². The average Bonchev–Trinajstić information content (AvgIpc) is 2.67. The Hall–Kier alpha value is -2.60. The number of aromatic nitrogens is 1. The van der Waals surface area contributed by atoms with Crippen molar-refractivity contribution >= 4 is 29.2 Å². The number of likely N-dealkylation sites (tertiary alicyclic amines) is 1. The fourth-order valence-corrected chi connectivity index (χ4v) is 3.28. The number of nitrogens with one attached hydrogen (secondary N) is 1. The van der Waals surface area contributed by atoms with Crippen LogP contribution in [0.15, 0.2) is 42.6 Å². The number of nitrogens with zero attached hydrogens (tertiary/aromatic N) is 2. The number of carbonyl (C=O) groups is 2. The molecule has 3 N–H and O–H groups in total. The number of hydrogen-bond acceptors (Lipinski definition) is 4. The number of primary amides is 1. The summed E-state index contributed by atoms with van der Waals surface area (Å²) in [6.07, 6.45) is 3.25. The molecule has 0 radical (unpaired) electrons. The molecule has 1 aromatic heterocycles. The third kappa shape index (κ3) is 4.32. The van der Waals surface area contributed by atoms with Crippen LogP contribution in [0.5, 0.6) is 0 Å². The van der Waals surface area contributed by atoms with E-state index in [0.29, 0.717) is 16.8 Å². The number of pyridine rings is 1. The number of benzene rings is 1. The molecule has 2 heterocycles. The number of amides is 2. The predicted molar refractivity (Wildman–Crippen MR) is 101 cm³/mol. The summed E-state index contributed by atoms with van der Waals surface area (Å²) in [6.45, 7) is 2.19. The highest BCUT2D eigenvalue weighted by Crippen LogP contribution is 2.23. The minimum atomic E-state index is -0.554. The van der Waals surface area contributed by atoms with Gasteiger partial charge in [-0.1, -0.05) is 29.8 Å². The first-order valence-electron chi connectivity index (χ1n) is 8.58. The first-order valence-corrected chi connectivity index (χ1v) is 8.96. The molecule has 0 saturated carbocycles. The molecule has 1 saturated heterocycles. The van der Waals surface area contributed by atoms with Crippen molar-refractivity contribution in [3.63, 3.8) is 0 Å². The number of anilines is 1. The van der Waals surface area contributed by atoms with Crippen LogP contribution in [0.4, 0.5) is 5.82 Å². The minimum Gasteiger partial charge on any atom is -0.369 e. The van der Waals surface area contributed by atoms with E-state index in [-0.39, 0.29) is 11.5 Å². The third-order valence-corrected chi connectivity index (χ3v) is 4.89. The molecule has 0 atom stereocenters. The van der Waals surface area contributed by atoms with Crippen LogP contribution < -0.4 is 11.1 Å². The van der Waals surface area contributed by atoms with Crippen LogP contribution in [0.25, 0.3) is 0 Å². The third-order valence-electron chi connectivity index (χ3n) is 4.61. The van der Waals surface area contributed by atoms with Crippen molar-refractivity contribution in [2.75, 3.05) is 25.0 Å². The highest BCUT2D eigenvalue weighted by molar-refractivity contribution is 6.33. The smallest absolute Gasteiger partial charge is 0.253 e. The van der Waals surface area contributed by atoms with Gasteiger partial charge in [0, 0.05) is 31.4 Å². The summed E-state index contributed by atoms with van der Waals surface area (Å²) in [7, 11) is 0. The van der Waals surface area contributed by atoms with Crippen LogP contribution in [0.1, 0.15) is 33.6 Å². The molecular formula is C19H21ClN4O2. The lowest BCUT2D eigenvalue weighted by Crippen LogP contribution is -2.39. The van der Waals surface area contributed by atoms with Crippen LogP contribution in [0, 0.1) is 5.92 Å². The molecule has 0 unspecified atom stereocenters. The molecule has 2 aromatic rings. The summed E-state index contributed by atoms with van der Waals surface area (Å²) in [5.41, 5.74) is 6.23. The number of piperidine rings is 1. The van der Waals surface area contributed by atoms with Crippen molar-refractivity contribution < 1.29 is 9.59 Å². The van der Waals surface area contributed by atoms with E-state index in [4.69, 9.17) is 17.3 Å². The standard InChI is InChI=1S/C19H21ClN4O2/c20-16-10-15(17(21)25)12-23-18(16)22-11-13-6-8-24(9-7-13)19(26)14-4-2-1-3-5-14/h1-5,10,12-13H,6-9,11H2,(H2,21,25)(H,22,23). The van der Waals surface area contributed by atoms with Gasteiger partial charge in [0.15, 0.2) is 0 Å². The largest absolute Gasteiger partial charge is 0.369 e. The lowest BCUT2D eigenvalue weighted by atomic mass is 9.96. The van der Waals surface area contributed by atoms with Gasteiger partial charge in [-0.05, 0) is 37.0 Å². The molecule has 1 aliphatic heterocycles. The van der Waals surface area contributed by atoms with Crippen molar-refractivity contribution in [1.29, 1.82) is 0 Å². The Labute approximate surface area is 157 Å².